The highest BCUT2D eigenvalue weighted by Gasteiger charge is 2.27. The van der Waals surface area contributed by atoms with E-state index in [4.69, 9.17) is 0 Å². The number of hydrogen-bond acceptors (Lipinski definition) is 0. The van der Waals surface area contributed by atoms with Crippen molar-refractivity contribution in [2.75, 3.05) is 0 Å². The van der Waals surface area contributed by atoms with E-state index in [1.807, 2.05) is 0 Å². The number of hydrogen-bond donors (Lipinski definition) is 0. The summed E-state index contributed by atoms with van der Waals surface area (Å²) in [4.78, 5) is 0. The van der Waals surface area contributed by atoms with Crippen molar-refractivity contribution in [1.29, 1.82) is 0 Å². The highest BCUT2D eigenvalue weighted by molar-refractivity contribution is 6.34. The van der Waals surface area contributed by atoms with E-state index in [1.54, 1.807) is 0 Å². The molecule has 0 radical (unpaired) electrons. The lowest BCUT2D eigenvalue weighted by molar-refractivity contribution is 1.32. The largest absolute Gasteiger partial charge is 0.0622 e. The lowest BCUT2D eigenvalue weighted by Crippen LogP contribution is -2.01. The van der Waals surface area contributed by atoms with Crippen LogP contribution in [-0.4, -0.2) is 0 Å². The zero-order chi connectivity index (χ0) is 33.1. The van der Waals surface area contributed by atoms with Crippen LogP contribution in [0.5, 0.6) is 0 Å². The molecule has 0 nitrogen and oxygen atoms in total. The van der Waals surface area contributed by atoms with Gasteiger partial charge < -0.3 is 0 Å². The molecule has 8 aromatic carbocycles. The molecule has 0 fully saturated rings. The molecule has 0 aromatic heterocycles. The Labute approximate surface area is 284 Å². The minimum atomic E-state index is 1.24. The van der Waals surface area contributed by atoms with Crippen molar-refractivity contribution in [3.05, 3.63) is 167 Å². The topological polar surface area (TPSA) is 0 Å². The first-order valence-electron chi connectivity index (χ1n) is 17.0. The molecule has 0 aliphatic rings. The molecule has 0 aliphatic carbocycles. The van der Waals surface area contributed by atoms with Gasteiger partial charge in [0.05, 0.1) is 0 Å². The van der Waals surface area contributed by atoms with Crippen molar-refractivity contribution in [1.82, 2.24) is 0 Å². The Hall–Kier alpha value is -5.46. The van der Waals surface area contributed by atoms with Crippen LogP contribution in [0.3, 0.4) is 0 Å². The first kappa shape index (κ1) is 29.9. The summed E-state index contributed by atoms with van der Waals surface area (Å²) in [5.41, 5.74) is 18.2. The molecule has 0 heterocycles. The molecule has 8 rings (SSSR count). The van der Waals surface area contributed by atoms with E-state index < -0.39 is 0 Å². The van der Waals surface area contributed by atoms with Crippen LogP contribution < -0.4 is 0 Å². The van der Waals surface area contributed by atoms with Gasteiger partial charge in [-0.3, -0.25) is 0 Å². The fourth-order valence-electron chi connectivity index (χ4n) is 8.60. The van der Waals surface area contributed by atoms with Crippen molar-refractivity contribution in [3.63, 3.8) is 0 Å². The smallest absolute Gasteiger partial charge is 0.000118 e. The fourth-order valence-corrected chi connectivity index (χ4v) is 8.60. The standard InChI is InChI=1S/C48H40/c1-29-25-31(3)41(32(4)26-29)45-39-23-15-13-21-37(39)44(36-19-11-8-12-20-36)48-46(42-33(5)27-30(2)28-34(42)6)40-24-16-14-22-38(40)43(47(45)48)35-17-9-7-10-18-35/h7-28H,1-6H3. The van der Waals surface area contributed by atoms with Gasteiger partial charge in [0.25, 0.3) is 0 Å². The van der Waals surface area contributed by atoms with Crippen molar-refractivity contribution >= 4 is 32.3 Å². The van der Waals surface area contributed by atoms with Gasteiger partial charge in [-0.2, -0.15) is 0 Å². The number of aryl methyl sites for hydroxylation is 6. The van der Waals surface area contributed by atoms with Gasteiger partial charge in [0.1, 0.15) is 0 Å². The number of fused-ring (bicyclic) bond motifs is 3. The van der Waals surface area contributed by atoms with E-state index in [-0.39, 0.29) is 0 Å². The highest BCUT2D eigenvalue weighted by atomic mass is 14.3. The molecule has 0 saturated carbocycles. The third kappa shape index (κ3) is 4.67. The van der Waals surface area contributed by atoms with Gasteiger partial charge >= 0.3 is 0 Å². The SMILES string of the molecule is Cc1cc(C)c(-c2c3ccccc3c(-c3ccccc3)c3c(-c4c(C)cc(C)cc4C)c4ccccc4c(-c4ccccc4)c23)c(C)c1. The summed E-state index contributed by atoms with van der Waals surface area (Å²) in [5, 5.41) is 7.78. The fraction of sp³-hybridized carbons (Fsp3) is 0.125. The Morgan fingerprint density at radius 2 is 0.542 bits per heavy atom. The summed E-state index contributed by atoms with van der Waals surface area (Å²) >= 11 is 0. The summed E-state index contributed by atoms with van der Waals surface area (Å²) in [6, 6.07) is 49.8. The second-order valence-electron chi connectivity index (χ2n) is 13.6. The van der Waals surface area contributed by atoms with Crippen LogP contribution >= 0.6 is 0 Å². The maximum atomic E-state index is 2.35. The van der Waals surface area contributed by atoms with Gasteiger partial charge in [0.15, 0.2) is 0 Å². The molecule has 232 valence electrons. The predicted molar refractivity (Wildman–Crippen MR) is 209 cm³/mol. The zero-order valence-corrected chi connectivity index (χ0v) is 28.7. The van der Waals surface area contributed by atoms with Crippen LogP contribution in [0.4, 0.5) is 0 Å². The predicted octanol–water partition coefficient (Wildman–Crippen LogP) is 13.7. The lowest BCUT2D eigenvalue weighted by Gasteiger charge is -2.27. The highest BCUT2D eigenvalue weighted by Crippen LogP contribution is 2.55. The molecule has 0 saturated heterocycles. The van der Waals surface area contributed by atoms with E-state index in [0.717, 1.165) is 0 Å². The number of rotatable bonds is 4. The Morgan fingerprint density at radius 1 is 0.271 bits per heavy atom. The maximum absolute atomic E-state index is 2.35. The first-order valence-corrected chi connectivity index (χ1v) is 17.0. The van der Waals surface area contributed by atoms with Gasteiger partial charge in [-0.15, -0.1) is 0 Å². The minimum absolute atomic E-state index is 1.24. The van der Waals surface area contributed by atoms with Gasteiger partial charge in [-0.1, -0.05) is 145 Å². The summed E-state index contributed by atoms with van der Waals surface area (Å²) < 4.78 is 0. The van der Waals surface area contributed by atoms with Crippen LogP contribution in [0.15, 0.2) is 133 Å². The molecule has 0 atom stereocenters. The molecule has 0 unspecified atom stereocenters. The second-order valence-corrected chi connectivity index (χ2v) is 13.6. The van der Waals surface area contributed by atoms with E-state index >= 15 is 0 Å². The minimum Gasteiger partial charge on any atom is -0.0622 e. The molecule has 0 aliphatic heterocycles. The van der Waals surface area contributed by atoms with Crippen LogP contribution in [0, 0.1) is 41.5 Å². The normalized spacial score (nSPS) is 11.5. The van der Waals surface area contributed by atoms with Gasteiger partial charge in [0, 0.05) is 0 Å². The summed E-state index contributed by atoms with van der Waals surface area (Å²) in [5.74, 6) is 0. The average molecular weight is 617 g/mol. The van der Waals surface area contributed by atoms with Crippen LogP contribution in [0.2, 0.25) is 0 Å². The molecule has 48 heavy (non-hydrogen) atoms. The maximum Gasteiger partial charge on any atom is -0.000118 e. The van der Waals surface area contributed by atoms with E-state index in [0.29, 0.717) is 0 Å². The summed E-state index contributed by atoms with van der Waals surface area (Å²) in [6.07, 6.45) is 0. The third-order valence-electron chi connectivity index (χ3n) is 10.2. The summed E-state index contributed by atoms with van der Waals surface area (Å²) in [6.45, 7) is 13.6. The molecule has 8 aromatic rings. The van der Waals surface area contributed by atoms with Crippen LogP contribution in [0.25, 0.3) is 76.8 Å². The Morgan fingerprint density at radius 3 is 0.854 bits per heavy atom. The third-order valence-corrected chi connectivity index (χ3v) is 10.2. The monoisotopic (exact) mass is 616 g/mol. The molecular weight excluding hydrogens is 577 g/mol. The van der Waals surface area contributed by atoms with Crippen molar-refractivity contribution < 1.29 is 0 Å². The Balaban J connectivity index is 1.80. The molecule has 0 spiro atoms. The molecule has 0 N–H and O–H groups in total. The second kappa shape index (κ2) is 11.7. The van der Waals surface area contributed by atoms with Gasteiger partial charge in [-0.25, -0.2) is 0 Å². The van der Waals surface area contributed by atoms with E-state index in [9.17, 15) is 0 Å². The van der Waals surface area contributed by atoms with Gasteiger partial charge in [-0.05, 0) is 141 Å². The van der Waals surface area contributed by atoms with Crippen LogP contribution in [0.1, 0.15) is 33.4 Å². The van der Waals surface area contributed by atoms with Crippen molar-refractivity contribution in [2.45, 2.75) is 41.5 Å². The quantitative estimate of drug-likeness (QED) is 0.173. The first-order chi connectivity index (χ1) is 23.3. The molecule has 0 bridgehead atoms. The number of benzene rings is 8. The lowest BCUT2D eigenvalue weighted by atomic mass is 9.75. The molecule has 0 amide bonds. The average Bonchev–Trinajstić information content (AvgIpc) is 3.08. The van der Waals surface area contributed by atoms with E-state index in [1.165, 1.54) is 110 Å². The molecular formula is C48H40. The zero-order valence-electron chi connectivity index (χ0n) is 28.7. The Bertz CT molecular complexity index is 2310. The van der Waals surface area contributed by atoms with Crippen LogP contribution in [-0.2, 0) is 0 Å². The van der Waals surface area contributed by atoms with Crippen molar-refractivity contribution in [2.24, 2.45) is 0 Å². The van der Waals surface area contributed by atoms with E-state index in [2.05, 4.69) is 175 Å². The van der Waals surface area contributed by atoms with Gasteiger partial charge in [0.2, 0.25) is 0 Å². The molecule has 0 heteroatoms. The van der Waals surface area contributed by atoms with Crippen molar-refractivity contribution in [3.8, 4) is 44.5 Å². The Kier molecular flexibility index (Phi) is 7.26. The summed E-state index contributed by atoms with van der Waals surface area (Å²) in [7, 11) is 0.